The van der Waals surface area contributed by atoms with E-state index < -0.39 is 5.91 Å². The summed E-state index contributed by atoms with van der Waals surface area (Å²) in [5.41, 5.74) is 0.235. The summed E-state index contributed by atoms with van der Waals surface area (Å²) in [5.74, 6) is -0.247. The standard InChI is InChI=1S/C14H6Br2Cl2N2O2/c15-10-5-9(22-13(10)16)3-7(6-19)14(21)20-12-2-1-8(17)4-11(12)18/h1-5H,(H,20,21)/b7-3-. The van der Waals surface area contributed by atoms with Crippen molar-refractivity contribution >= 4 is 72.7 Å². The third-order valence-electron chi connectivity index (χ3n) is 2.50. The minimum absolute atomic E-state index is 0.125. The topological polar surface area (TPSA) is 66.0 Å². The number of hydrogen-bond acceptors (Lipinski definition) is 3. The Kier molecular flexibility index (Phi) is 5.70. The first-order valence-corrected chi connectivity index (χ1v) is 8.08. The molecule has 0 aliphatic heterocycles. The number of nitrogens with one attached hydrogen (secondary N) is 1. The van der Waals surface area contributed by atoms with Crippen molar-refractivity contribution in [3.63, 3.8) is 0 Å². The smallest absolute Gasteiger partial charge is 0.266 e. The molecule has 0 spiro atoms. The average Bonchev–Trinajstić information content (AvgIpc) is 2.77. The van der Waals surface area contributed by atoms with Crippen LogP contribution in [0.4, 0.5) is 5.69 Å². The molecule has 0 bridgehead atoms. The van der Waals surface area contributed by atoms with Crippen LogP contribution in [-0.2, 0) is 4.79 Å². The van der Waals surface area contributed by atoms with Crippen LogP contribution in [-0.4, -0.2) is 5.91 Å². The van der Waals surface area contributed by atoms with Gasteiger partial charge in [0.1, 0.15) is 17.4 Å². The molecule has 1 N–H and O–H groups in total. The number of anilines is 1. The fourth-order valence-corrected chi connectivity index (χ4v) is 2.57. The lowest BCUT2D eigenvalue weighted by atomic mass is 10.2. The lowest BCUT2D eigenvalue weighted by Gasteiger charge is -2.06. The van der Waals surface area contributed by atoms with E-state index >= 15 is 0 Å². The maximum atomic E-state index is 12.1. The van der Waals surface area contributed by atoms with Crippen molar-refractivity contribution in [1.82, 2.24) is 0 Å². The summed E-state index contributed by atoms with van der Waals surface area (Å²) >= 11 is 18.2. The van der Waals surface area contributed by atoms with Crippen LogP contribution in [0.5, 0.6) is 0 Å². The van der Waals surface area contributed by atoms with Gasteiger partial charge in [-0.25, -0.2) is 0 Å². The number of benzene rings is 1. The Balaban J connectivity index is 2.24. The maximum Gasteiger partial charge on any atom is 0.266 e. The van der Waals surface area contributed by atoms with E-state index in [4.69, 9.17) is 32.9 Å². The van der Waals surface area contributed by atoms with Gasteiger partial charge in [-0.15, -0.1) is 0 Å². The summed E-state index contributed by atoms with van der Waals surface area (Å²) in [6.45, 7) is 0. The molecule has 112 valence electrons. The number of carbonyl (C=O) groups is 1. The Labute approximate surface area is 152 Å². The molecular weight excluding hydrogens is 459 g/mol. The van der Waals surface area contributed by atoms with Crippen LogP contribution < -0.4 is 5.32 Å². The van der Waals surface area contributed by atoms with Crippen LogP contribution in [0.2, 0.25) is 10.0 Å². The molecule has 1 aromatic heterocycles. The summed E-state index contributed by atoms with van der Waals surface area (Å²) in [7, 11) is 0. The summed E-state index contributed by atoms with van der Waals surface area (Å²) in [4.78, 5) is 12.1. The van der Waals surface area contributed by atoms with Crippen LogP contribution in [0.3, 0.4) is 0 Å². The molecule has 22 heavy (non-hydrogen) atoms. The summed E-state index contributed by atoms with van der Waals surface area (Å²) in [5, 5.41) is 12.4. The Bertz CT molecular complexity index is 790. The van der Waals surface area contributed by atoms with Crippen molar-refractivity contribution in [2.24, 2.45) is 0 Å². The van der Waals surface area contributed by atoms with Gasteiger partial charge in [-0.3, -0.25) is 4.79 Å². The van der Waals surface area contributed by atoms with Gasteiger partial charge in [0.2, 0.25) is 0 Å². The highest BCUT2D eigenvalue weighted by Crippen LogP contribution is 2.29. The Morgan fingerprint density at radius 1 is 1.32 bits per heavy atom. The lowest BCUT2D eigenvalue weighted by Crippen LogP contribution is -2.13. The number of rotatable bonds is 3. The zero-order valence-corrected chi connectivity index (χ0v) is 15.3. The van der Waals surface area contributed by atoms with Crippen LogP contribution in [0.15, 0.2) is 43.4 Å². The molecule has 0 aliphatic rings. The summed E-state index contributed by atoms with van der Waals surface area (Å²) < 4.78 is 6.45. The maximum absolute atomic E-state index is 12.1. The van der Waals surface area contributed by atoms with E-state index in [1.54, 1.807) is 18.2 Å². The molecule has 1 heterocycles. The first-order chi connectivity index (χ1) is 10.4. The van der Waals surface area contributed by atoms with Crippen molar-refractivity contribution in [3.8, 4) is 6.07 Å². The second-order valence-electron chi connectivity index (χ2n) is 4.02. The third-order valence-corrected chi connectivity index (χ3v) is 4.75. The molecule has 1 amide bonds. The van der Waals surface area contributed by atoms with E-state index in [0.29, 0.717) is 25.6 Å². The van der Waals surface area contributed by atoms with Crippen LogP contribution >= 0.6 is 55.1 Å². The zero-order chi connectivity index (χ0) is 16.3. The number of amides is 1. The van der Waals surface area contributed by atoms with E-state index in [2.05, 4.69) is 37.2 Å². The highest BCUT2D eigenvalue weighted by molar-refractivity contribution is 9.13. The van der Waals surface area contributed by atoms with E-state index in [0.717, 1.165) is 0 Å². The van der Waals surface area contributed by atoms with Crippen molar-refractivity contribution in [3.05, 3.63) is 54.8 Å². The van der Waals surface area contributed by atoms with E-state index in [1.807, 2.05) is 6.07 Å². The van der Waals surface area contributed by atoms with Crippen molar-refractivity contribution in [1.29, 1.82) is 5.26 Å². The molecule has 1 aromatic carbocycles. The number of furan rings is 1. The normalized spacial score (nSPS) is 11.1. The van der Waals surface area contributed by atoms with Gasteiger partial charge in [0, 0.05) is 11.1 Å². The van der Waals surface area contributed by atoms with Crippen LogP contribution in [0.1, 0.15) is 5.76 Å². The van der Waals surface area contributed by atoms with Crippen molar-refractivity contribution < 1.29 is 9.21 Å². The SMILES string of the molecule is N#C/C(=C/c1cc(Br)c(Br)o1)C(=O)Nc1ccc(Cl)cc1Cl. The molecule has 0 fully saturated rings. The predicted octanol–water partition coefficient (Wildman–Crippen LogP) is 5.66. The van der Waals surface area contributed by atoms with Crippen LogP contribution in [0.25, 0.3) is 6.08 Å². The molecule has 0 saturated carbocycles. The highest BCUT2D eigenvalue weighted by atomic mass is 79.9. The number of nitriles is 1. The zero-order valence-electron chi connectivity index (χ0n) is 10.7. The Morgan fingerprint density at radius 3 is 2.59 bits per heavy atom. The Hall–Kier alpha value is -1.26. The molecule has 0 saturated heterocycles. The number of hydrogen-bond donors (Lipinski definition) is 1. The van der Waals surface area contributed by atoms with Gasteiger partial charge in [-0.1, -0.05) is 23.2 Å². The molecular formula is C14H6Br2Cl2N2O2. The first-order valence-electron chi connectivity index (χ1n) is 5.73. The van der Waals surface area contributed by atoms with E-state index in [1.165, 1.54) is 12.1 Å². The van der Waals surface area contributed by atoms with Crippen molar-refractivity contribution in [2.75, 3.05) is 5.32 Å². The minimum atomic E-state index is -0.602. The molecule has 2 rings (SSSR count). The van der Waals surface area contributed by atoms with Crippen LogP contribution in [0, 0.1) is 11.3 Å². The predicted molar refractivity (Wildman–Crippen MR) is 92.8 cm³/mol. The minimum Gasteiger partial charge on any atom is -0.449 e. The molecule has 0 aliphatic carbocycles. The number of nitrogens with zero attached hydrogens (tertiary/aromatic N) is 1. The Morgan fingerprint density at radius 2 is 2.05 bits per heavy atom. The second-order valence-corrected chi connectivity index (χ2v) is 6.44. The number of carbonyl (C=O) groups excluding carboxylic acids is 1. The number of halogens is 4. The third kappa shape index (κ3) is 4.14. The van der Waals surface area contributed by atoms with Gasteiger partial charge in [0.05, 0.1) is 15.2 Å². The fourth-order valence-electron chi connectivity index (χ4n) is 1.51. The van der Waals surface area contributed by atoms with Gasteiger partial charge >= 0.3 is 0 Å². The second kappa shape index (κ2) is 7.34. The molecule has 0 unspecified atom stereocenters. The molecule has 0 radical (unpaired) electrons. The fraction of sp³-hybridized carbons (Fsp3) is 0. The molecule has 8 heteroatoms. The molecule has 4 nitrogen and oxygen atoms in total. The average molecular weight is 465 g/mol. The van der Waals surface area contributed by atoms with Gasteiger partial charge in [0.25, 0.3) is 5.91 Å². The van der Waals surface area contributed by atoms with Gasteiger partial charge < -0.3 is 9.73 Å². The monoisotopic (exact) mass is 462 g/mol. The lowest BCUT2D eigenvalue weighted by molar-refractivity contribution is -0.112. The first kappa shape index (κ1) is 17.1. The van der Waals surface area contributed by atoms with Gasteiger partial charge in [0.15, 0.2) is 4.67 Å². The molecule has 2 aromatic rings. The van der Waals surface area contributed by atoms with Crippen molar-refractivity contribution in [2.45, 2.75) is 0 Å². The quantitative estimate of drug-likeness (QED) is 0.471. The van der Waals surface area contributed by atoms with E-state index in [-0.39, 0.29) is 10.6 Å². The van der Waals surface area contributed by atoms with Gasteiger partial charge in [-0.2, -0.15) is 5.26 Å². The van der Waals surface area contributed by atoms with E-state index in [9.17, 15) is 4.79 Å². The highest BCUT2D eigenvalue weighted by Gasteiger charge is 2.13. The summed E-state index contributed by atoms with van der Waals surface area (Å²) in [6, 6.07) is 8.08. The van der Waals surface area contributed by atoms with Gasteiger partial charge in [-0.05, 0) is 56.1 Å². The summed E-state index contributed by atoms with van der Waals surface area (Å²) in [6.07, 6.45) is 1.33. The molecule has 0 atom stereocenters. The largest absolute Gasteiger partial charge is 0.449 e.